The Morgan fingerprint density at radius 3 is 2.70 bits per heavy atom. The molecule has 5 rings (SSSR count). The van der Waals surface area contributed by atoms with E-state index in [-0.39, 0.29) is 18.6 Å². The van der Waals surface area contributed by atoms with Gasteiger partial charge in [0.1, 0.15) is 5.41 Å². The van der Waals surface area contributed by atoms with E-state index in [4.69, 9.17) is 16.7 Å². The van der Waals surface area contributed by atoms with Gasteiger partial charge < -0.3 is 10.0 Å². The number of carbonyl (C=O) groups is 1. The Bertz CT molecular complexity index is 1010. The summed E-state index contributed by atoms with van der Waals surface area (Å²) in [5.74, 6) is 0.0117. The van der Waals surface area contributed by atoms with Gasteiger partial charge in [-0.25, -0.2) is 0 Å². The fraction of sp³-hybridized carbons (Fsp3) is 0.391. The van der Waals surface area contributed by atoms with Crippen LogP contribution < -0.4 is 9.91 Å². The maximum absolute atomic E-state index is 14.0. The zero-order valence-electron chi connectivity index (χ0n) is 17.0. The Labute approximate surface area is 181 Å². The topological polar surface area (TPSA) is 59.4 Å². The number of rotatable bonds is 3. The highest BCUT2D eigenvalue weighted by molar-refractivity contribution is 6.30. The zero-order chi connectivity index (χ0) is 20.9. The molecule has 6 nitrogen and oxygen atoms in total. The summed E-state index contributed by atoms with van der Waals surface area (Å²) in [5, 5.41) is 16.4. The van der Waals surface area contributed by atoms with E-state index in [1.807, 2.05) is 25.1 Å². The Morgan fingerprint density at radius 2 is 1.93 bits per heavy atom. The predicted octanol–water partition coefficient (Wildman–Crippen LogP) is 2.79. The summed E-state index contributed by atoms with van der Waals surface area (Å²) in [4.78, 5) is 18.6. The van der Waals surface area contributed by atoms with Gasteiger partial charge in [0, 0.05) is 36.9 Å². The van der Waals surface area contributed by atoms with E-state index in [0.717, 1.165) is 31.0 Å². The van der Waals surface area contributed by atoms with Crippen molar-refractivity contribution in [3.05, 3.63) is 59.1 Å². The van der Waals surface area contributed by atoms with Crippen LogP contribution in [0.3, 0.4) is 0 Å². The van der Waals surface area contributed by atoms with Gasteiger partial charge >= 0.3 is 0 Å². The molecule has 1 spiro atoms. The van der Waals surface area contributed by atoms with Crippen LogP contribution in [0.15, 0.2) is 53.6 Å². The second kappa shape index (κ2) is 7.38. The van der Waals surface area contributed by atoms with Crippen LogP contribution in [0, 0.1) is 5.41 Å². The molecule has 3 aliphatic heterocycles. The number of amides is 1. The minimum absolute atomic E-state index is 0.0117. The molecule has 2 aromatic carbocycles. The number of hydrazone groups is 1. The molecule has 1 fully saturated rings. The number of aliphatic hydroxyl groups excluding tert-OH is 1. The fourth-order valence-corrected chi connectivity index (χ4v) is 5.35. The molecular weight excluding hydrogens is 400 g/mol. The van der Waals surface area contributed by atoms with Crippen molar-refractivity contribution in [2.24, 2.45) is 10.5 Å². The summed E-state index contributed by atoms with van der Waals surface area (Å²) in [6, 6.07) is 15.6. The van der Waals surface area contributed by atoms with E-state index in [1.54, 1.807) is 17.1 Å². The molecule has 1 saturated heterocycles. The zero-order valence-corrected chi connectivity index (χ0v) is 17.7. The highest BCUT2D eigenvalue weighted by atomic mass is 35.5. The molecule has 2 atom stereocenters. The number of carbonyl (C=O) groups excluding carboxylic acids is 1. The molecule has 3 heterocycles. The maximum Gasteiger partial charge on any atom is 0.261 e. The average Bonchev–Trinajstić information content (AvgIpc) is 3.00. The molecule has 0 bridgehead atoms. The number of halogens is 1. The van der Waals surface area contributed by atoms with Crippen LogP contribution in [-0.2, 0) is 11.2 Å². The van der Waals surface area contributed by atoms with Crippen molar-refractivity contribution in [2.75, 3.05) is 42.7 Å². The number of fused-ring (bicyclic) bond motifs is 4. The number of aliphatic hydroxyl groups is 1. The van der Waals surface area contributed by atoms with Gasteiger partial charge in [0.2, 0.25) is 0 Å². The number of hydrogen-bond acceptors (Lipinski definition) is 5. The lowest BCUT2D eigenvalue weighted by Gasteiger charge is -2.53. The van der Waals surface area contributed by atoms with Gasteiger partial charge in [-0.1, -0.05) is 29.8 Å². The molecule has 0 saturated carbocycles. The monoisotopic (exact) mass is 424 g/mol. The van der Waals surface area contributed by atoms with E-state index >= 15 is 0 Å². The van der Waals surface area contributed by atoms with Gasteiger partial charge in [-0.3, -0.25) is 9.69 Å². The number of β-amino-alcohol motifs (C(OH)–C–C–N with tert-alkyl or cyclic N) is 1. The molecule has 1 N–H and O–H groups in total. The van der Waals surface area contributed by atoms with Crippen LogP contribution in [0.5, 0.6) is 0 Å². The van der Waals surface area contributed by atoms with E-state index in [9.17, 15) is 9.90 Å². The van der Waals surface area contributed by atoms with Crippen molar-refractivity contribution in [3.8, 4) is 0 Å². The van der Waals surface area contributed by atoms with Gasteiger partial charge in [0.05, 0.1) is 24.0 Å². The molecule has 30 heavy (non-hydrogen) atoms. The van der Waals surface area contributed by atoms with Crippen molar-refractivity contribution in [3.63, 3.8) is 0 Å². The lowest BCUT2D eigenvalue weighted by Crippen LogP contribution is -2.67. The van der Waals surface area contributed by atoms with Gasteiger partial charge in [-0.15, -0.1) is 0 Å². The molecule has 0 aromatic heterocycles. The molecular formula is C23H25ClN4O2. The van der Waals surface area contributed by atoms with Crippen molar-refractivity contribution >= 4 is 34.6 Å². The number of benzene rings is 2. The average molecular weight is 425 g/mol. The standard InChI is InChI=1S/C23H25ClN4O2/c1-16-23(22(30)28(25-16)19-8-6-18(24)7-9-19)14-17-4-2-3-5-20(17)27-11-10-26(12-13-29)15-21(23)27/h2-9,21,29H,10-15H2,1H3/t21-,23-/m0/s1. The molecule has 156 valence electrons. The fourth-order valence-electron chi connectivity index (χ4n) is 5.23. The highest BCUT2D eigenvalue weighted by Crippen LogP contribution is 2.48. The number of piperazine rings is 1. The molecule has 0 radical (unpaired) electrons. The summed E-state index contributed by atoms with van der Waals surface area (Å²) < 4.78 is 0. The summed E-state index contributed by atoms with van der Waals surface area (Å²) in [6.45, 7) is 5.13. The number of hydrogen-bond donors (Lipinski definition) is 1. The maximum atomic E-state index is 14.0. The Balaban J connectivity index is 1.59. The third-order valence-corrected chi connectivity index (χ3v) is 7.01. The number of para-hydroxylation sites is 1. The highest BCUT2D eigenvalue weighted by Gasteiger charge is 2.59. The smallest absolute Gasteiger partial charge is 0.261 e. The molecule has 1 amide bonds. The Hall–Kier alpha value is -2.41. The number of nitrogens with zero attached hydrogens (tertiary/aromatic N) is 4. The van der Waals surface area contributed by atoms with E-state index in [2.05, 4.69) is 28.0 Å². The molecule has 0 unspecified atom stereocenters. The molecule has 3 aliphatic rings. The summed E-state index contributed by atoms with van der Waals surface area (Å²) in [7, 11) is 0. The van der Waals surface area contributed by atoms with Crippen LogP contribution in [0.4, 0.5) is 11.4 Å². The predicted molar refractivity (Wildman–Crippen MR) is 119 cm³/mol. The first-order valence-corrected chi connectivity index (χ1v) is 10.8. The normalized spacial score (nSPS) is 26.0. The Kier molecular flexibility index (Phi) is 4.81. The van der Waals surface area contributed by atoms with Gasteiger partial charge in [0.25, 0.3) is 5.91 Å². The van der Waals surface area contributed by atoms with Crippen LogP contribution in [0.1, 0.15) is 12.5 Å². The number of anilines is 2. The first-order chi connectivity index (χ1) is 14.5. The molecule has 7 heteroatoms. The van der Waals surface area contributed by atoms with Crippen molar-refractivity contribution < 1.29 is 9.90 Å². The van der Waals surface area contributed by atoms with Crippen LogP contribution in [0.2, 0.25) is 5.02 Å². The summed E-state index contributed by atoms with van der Waals surface area (Å²) >= 11 is 6.05. The minimum Gasteiger partial charge on any atom is -0.395 e. The van der Waals surface area contributed by atoms with Gasteiger partial charge in [-0.05, 0) is 49.2 Å². The largest absolute Gasteiger partial charge is 0.395 e. The van der Waals surface area contributed by atoms with Crippen LogP contribution in [-0.4, -0.2) is 60.5 Å². The van der Waals surface area contributed by atoms with E-state index < -0.39 is 5.41 Å². The van der Waals surface area contributed by atoms with E-state index in [1.165, 1.54) is 11.3 Å². The van der Waals surface area contributed by atoms with Gasteiger partial charge in [-0.2, -0.15) is 10.1 Å². The van der Waals surface area contributed by atoms with Crippen molar-refractivity contribution in [2.45, 2.75) is 19.4 Å². The second-order valence-corrected chi connectivity index (χ2v) is 8.73. The summed E-state index contributed by atoms with van der Waals surface area (Å²) in [6.07, 6.45) is 0.634. The first-order valence-electron chi connectivity index (χ1n) is 10.4. The molecule has 0 aliphatic carbocycles. The van der Waals surface area contributed by atoms with Crippen LogP contribution >= 0.6 is 11.6 Å². The van der Waals surface area contributed by atoms with E-state index in [0.29, 0.717) is 18.0 Å². The summed E-state index contributed by atoms with van der Waals surface area (Å²) in [5.41, 5.74) is 3.25. The van der Waals surface area contributed by atoms with Crippen molar-refractivity contribution in [1.82, 2.24) is 4.90 Å². The lowest BCUT2D eigenvalue weighted by molar-refractivity contribution is -0.125. The van der Waals surface area contributed by atoms with Crippen molar-refractivity contribution in [1.29, 1.82) is 0 Å². The minimum atomic E-state index is -0.720. The third-order valence-electron chi connectivity index (χ3n) is 6.76. The van der Waals surface area contributed by atoms with Gasteiger partial charge in [0.15, 0.2) is 0 Å². The second-order valence-electron chi connectivity index (χ2n) is 8.29. The third kappa shape index (κ3) is 2.86. The Morgan fingerprint density at radius 1 is 1.17 bits per heavy atom. The lowest BCUT2D eigenvalue weighted by atomic mass is 9.67. The SMILES string of the molecule is CC1=NN(c2ccc(Cl)cc2)C(=O)[C@@]12Cc1ccccc1N1CCN(CCO)C[C@H]12. The molecule has 2 aromatic rings. The quantitative estimate of drug-likeness (QED) is 0.823. The van der Waals surface area contributed by atoms with Crippen LogP contribution in [0.25, 0.3) is 0 Å². The first kappa shape index (κ1) is 19.5.